The third kappa shape index (κ3) is 4.26. The van der Waals surface area contributed by atoms with Gasteiger partial charge in [0.1, 0.15) is 5.82 Å². The van der Waals surface area contributed by atoms with Gasteiger partial charge in [-0.1, -0.05) is 0 Å². The number of hydrogen-bond acceptors (Lipinski definition) is 5. The summed E-state index contributed by atoms with van der Waals surface area (Å²) in [6, 6.07) is 0. The first-order valence-electron chi connectivity index (χ1n) is 6.84. The van der Waals surface area contributed by atoms with Gasteiger partial charge in [0, 0.05) is 38.4 Å². The van der Waals surface area contributed by atoms with Crippen molar-refractivity contribution in [2.45, 2.75) is 19.3 Å². The van der Waals surface area contributed by atoms with Gasteiger partial charge in [-0.05, 0) is 12.8 Å². The van der Waals surface area contributed by atoms with Crippen LogP contribution >= 0.6 is 0 Å². The highest BCUT2D eigenvalue weighted by atomic mass is 32.2. The van der Waals surface area contributed by atoms with Crippen LogP contribution in [0.5, 0.6) is 0 Å². The number of H-pyrrole nitrogens is 1. The molecule has 1 aromatic rings. The van der Waals surface area contributed by atoms with Gasteiger partial charge < -0.3 is 9.72 Å². The summed E-state index contributed by atoms with van der Waals surface area (Å²) in [5, 5.41) is 0. The molecule has 1 saturated heterocycles. The number of nitrogens with one attached hydrogen (secondary N) is 2. The van der Waals surface area contributed by atoms with Gasteiger partial charge in [-0.3, -0.25) is 4.79 Å². The molecule has 21 heavy (non-hydrogen) atoms. The average Bonchev–Trinajstić information content (AvgIpc) is 2.99. The standard InChI is InChI=1S/C12H20N4O4S/c1-20-12(17)10-3-8-16(9-4-10)21(18,19)15-5-2-11-13-6-7-14-11/h6-7,10,15H,2-5,8-9H2,1H3,(H,13,14). The minimum absolute atomic E-state index is 0.204. The Labute approximate surface area is 124 Å². The Morgan fingerprint density at radius 2 is 2.24 bits per heavy atom. The lowest BCUT2D eigenvalue weighted by Gasteiger charge is -2.29. The van der Waals surface area contributed by atoms with Crippen molar-refractivity contribution in [3.05, 3.63) is 18.2 Å². The summed E-state index contributed by atoms with van der Waals surface area (Å²) in [4.78, 5) is 18.4. The molecule has 0 atom stereocenters. The van der Waals surface area contributed by atoms with Gasteiger partial charge in [0.2, 0.25) is 0 Å². The van der Waals surface area contributed by atoms with Crippen LogP contribution in [-0.2, 0) is 26.2 Å². The van der Waals surface area contributed by atoms with Crippen molar-refractivity contribution in [2.24, 2.45) is 5.92 Å². The summed E-state index contributed by atoms with van der Waals surface area (Å²) >= 11 is 0. The summed E-state index contributed by atoms with van der Waals surface area (Å²) in [5.41, 5.74) is 0. The number of aromatic amines is 1. The third-order valence-corrected chi connectivity index (χ3v) is 5.14. The second kappa shape index (κ2) is 7.01. The summed E-state index contributed by atoms with van der Waals surface area (Å²) in [6.07, 6.45) is 4.81. The van der Waals surface area contributed by atoms with Crippen molar-refractivity contribution in [1.29, 1.82) is 0 Å². The maximum atomic E-state index is 12.1. The van der Waals surface area contributed by atoms with Crippen LogP contribution in [0.2, 0.25) is 0 Å². The molecule has 0 spiro atoms. The second-order valence-electron chi connectivity index (χ2n) is 4.88. The van der Waals surface area contributed by atoms with E-state index >= 15 is 0 Å². The normalized spacial score (nSPS) is 17.8. The van der Waals surface area contributed by atoms with Crippen molar-refractivity contribution in [3.63, 3.8) is 0 Å². The highest BCUT2D eigenvalue weighted by Crippen LogP contribution is 2.20. The van der Waals surface area contributed by atoms with Crippen molar-refractivity contribution in [3.8, 4) is 0 Å². The molecule has 118 valence electrons. The van der Waals surface area contributed by atoms with E-state index in [-0.39, 0.29) is 18.4 Å². The van der Waals surface area contributed by atoms with Crippen LogP contribution in [0.4, 0.5) is 0 Å². The molecule has 2 heterocycles. The number of nitrogens with zero attached hydrogens (tertiary/aromatic N) is 2. The number of hydrogen-bond donors (Lipinski definition) is 2. The molecule has 0 aliphatic carbocycles. The molecule has 1 aliphatic rings. The molecule has 0 radical (unpaired) electrons. The first kappa shape index (κ1) is 15.9. The zero-order valence-corrected chi connectivity index (χ0v) is 12.7. The fourth-order valence-corrected chi connectivity index (χ4v) is 3.56. The predicted octanol–water partition coefficient (Wildman–Crippen LogP) is -0.328. The molecule has 9 heteroatoms. The molecule has 0 unspecified atom stereocenters. The highest BCUT2D eigenvalue weighted by molar-refractivity contribution is 7.87. The van der Waals surface area contributed by atoms with E-state index in [1.807, 2.05) is 0 Å². The molecule has 1 fully saturated rings. The van der Waals surface area contributed by atoms with E-state index in [0.717, 1.165) is 5.82 Å². The van der Waals surface area contributed by atoms with Gasteiger partial charge in [-0.25, -0.2) is 9.71 Å². The van der Waals surface area contributed by atoms with Gasteiger partial charge in [-0.15, -0.1) is 0 Å². The van der Waals surface area contributed by atoms with Gasteiger partial charge in [-0.2, -0.15) is 12.7 Å². The Morgan fingerprint density at radius 1 is 1.52 bits per heavy atom. The Morgan fingerprint density at radius 3 is 2.81 bits per heavy atom. The molecule has 1 aliphatic heterocycles. The topological polar surface area (TPSA) is 104 Å². The maximum Gasteiger partial charge on any atom is 0.308 e. The maximum absolute atomic E-state index is 12.1. The fourth-order valence-electron chi connectivity index (χ4n) is 2.32. The van der Waals surface area contributed by atoms with E-state index in [9.17, 15) is 13.2 Å². The minimum atomic E-state index is -3.50. The quantitative estimate of drug-likeness (QED) is 0.699. The van der Waals surface area contributed by atoms with Crippen molar-refractivity contribution >= 4 is 16.2 Å². The number of piperidine rings is 1. The number of aromatic nitrogens is 2. The van der Waals surface area contributed by atoms with E-state index in [1.165, 1.54) is 11.4 Å². The first-order valence-corrected chi connectivity index (χ1v) is 8.28. The number of ether oxygens (including phenoxy) is 1. The van der Waals surface area contributed by atoms with Crippen LogP contribution in [0.1, 0.15) is 18.7 Å². The Bertz CT molecular complexity index is 550. The summed E-state index contributed by atoms with van der Waals surface area (Å²) in [6.45, 7) is 0.943. The number of carbonyl (C=O) groups is 1. The van der Waals surface area contributed by atoms with Gasteiger partial charge in [0.05, 0.1) is 13.0 Å². The van der Waals surface area contributed by atoms with Crippen LogP contribution in [-0.4, -0.2) is 55.4 Å². The molecule has 0 amide bonds. The Balaban J connectivity index is 1.79. The first-order chi connectivity index (χ1) is 10.0. The van der Waals surface area contributed by atoms with E-state index < -0.39 is 10.2 Å². The van der Waals surface area contributed by atoms with Gasteiger partial charge >= 0.3 is 5.97 Å². The SMILES string of the molecule is COC(=O)C1CCN(S(=O)(=O)NCCc2ncc[nH]2)CC1. The number of carbonyl (C=O) groups excluding carboxylic acids is 1. The van der Waals surface area contributed by atoms with Crippen LogP contribution in [0.15, 0.2) is 12.4 Å². The third-order valence-electron chi connectivity index (χ3n) is 3.53. The molecular weight excluding hydrogens is 296 g/mol. The number of methoxy groups -OCH3 is 1. The summed E-state index contributed by atoms with van der Waals surface area (Å²) in [7, 11) is -2.15. The minimum Gasteiger partial charge on any atom is -0.469 e. The summed E-state index contributed by atoms with van der Waals surface area (Å²) in [5.74, 6) is 0.268. The molecule has 2 rings (SSSR count). The smallest absolute Gasteiger partial charge is 0.308 e. The molecular formula is C12H20N4O4S. The predicted molar refractivity (Wildman–Crippen MR) is 75.5 cm³/mol. The van der Waals surface area contributed by atoms with E-state index in [2.05, 4.69) is 19.4 Å². The molecule has 0 bridgehead atoms. The lowest BCUT2D eigenvalue weighted by atomic mass is 9.99. The highest BCUT2D eigenvalue weighted by Gasteiger charge is 2.31. The van der Waals surface area contributed by atoms with Crippen LogP contribution in [0.25, 0.3) is 0 Å². The van der Waals surface area contributed by atoms with E-state index in [4.69, 9.17) is 0 Å². The monoisotopic (exact) mass is 316 g/mol. The summed E-state index contributed by atoms with van der Waals surface area (Å²) < 4.78 is 32.9. The van der Waals surface area contributed by atoms with Gasteiger partial charge in [0.25, 0.3) is 10.2 Å². The largest absolute Gasteiger partial charge is 0.469 e. The van der Waals surface area contributed by atoms with Gasteiger partial charge in [0.15, 0.2) is 0 Å². The number of esters is 1. The Hall–Kier alpha value is -1.45. The molecule has 8 nitrogen and oxygen atoms in total. The zero-order chi connectivity index (χ0) is 15.3. The lowest BCUT2D eigenvalue weighted by Crippen LogP contribution is -2.46. The number of rotatable bonds is 6. The molecule has 2 N–H and O–H groups in total. The lowest BCUT2D eigenvalue weighted by molar-refractivity contribution is -0.146. The number of imidazole rings is 1. The van der Waals surface area contributed by atoms with Crippen LogP contribution < -0.4 is 4.72 Å². The van der Waals surface area contributed by atoms with Crippen LogP contribution in [0.3, 0.4) is 0 Å². The molecule has 0 aromatic carbocycles. The fraction of sp³-hybridized carbons (Fsp3) is 0.667. The van der Waals surface area contributed by atoms with Crippen LogP contribution in [0, 0.1) is 5.92 Å². The van der Waals surface area contributed by atoms with Crippen molar-refractivity contribution < 1.29 is 17.9 Å². The molecule has 1 aromatic heterocycles. The average molecular weight is 316 g/mol. The zero-order valence-electron chi connectivity index (χ0n) is 11.9. The molecule has 0 saturated carbocycles. The Kier molecular flexibility index (Phi) is 5.32. The van der Waals surface area contributed by atoms with E-state index in [0.29, 0.717) is 32.4 Å². The van der Waals surface area contributed by atoms with Crippen molar-refractivity contribution in [1.82, 2.24) is 19.0 Å². The second-order valence-corrected chi connectivity index (χ2v) is 6.64. The van der Waals surface area contributed by atoms with Crippen molar-refractivity contribution in [2.75, 3.05) is 26.7 Å². The van der Waals surface area contributed by atoms with E-state index in [1.54, 1.807) is 12.4 Å².